The van der Waals surface area contributed by atoms with E-state index in [-0.39, 0.29) is 5.16 Å². The second-order valence-corrected chi connectivity index (χ2v) is 11.8. The summed E-state index contributed by atoms with van der Waals surface area (Å²) in [6.45, 7) is 11.8. The second-order valence-electron chi connectivity index (χ2n) is 10.1. The molecular weight excluding hydrogens is 481 g/mol. The SMILES string of the molecule is CCCC(CC)(Pc1c(C)cccc1C(C)=Nc1ccccc1)c1cc(C)ccc1OCc1ccccc1. The van der Waals surface area contributed by atoms with Crippen LogP contribution in [0.15, 0.2) is 102 Å². The molecule has 4 rings (SSSR count). The van der Waals surface area contributed by atoms with Gasteiger partial charge in [0.25, 0.3) is 0 Å². The predicted molar refractivity (Wildman–Crippen MR) is 166 cm³/mol. The fraction of sp³-hybridized carbons (Fsp3) is 0.286. The Hall–Kier alpha value is -3.22. The molecule has 0 N–H and O–H groups in total. The van der Waals surface area contributed by atoms with Crippen LogP contribution in [0.1, 0.15) is 67.9 Å². The summed E-state index contributed by atoms with van der Waals surface area (Å²) in [5.41, 5.74) is 8.44. The Morgan fingerprint density at radius 1 is 0.842 bits per heavy atom. The molecule has 0 fully saturated rings. The van der Waals surface area contributed by atoms with Gasteiger partial charge in [0.15, 0.2) is 0 Å². The van der Waals surface area contributed by atoms with Crippen molar-refractivity contribution in [3.63, 3.8) is 0 Å². The van der Waals surface area contributed by atoms with Gasteiger partial charge in [-0.2, -0.15) is 0 Å². The molecule has 0 amide bonds. The van der Waals surface area contributed by atoms with Crippen molar-refractivity contribution in [2.75, 3.05) is 0 Å². The Kier molecular flexibility index (Phi) is 9.53. The number of aryl methyl sites for hydroxylation is 2. The lowest BCUT2D eigenvalue weighted by molar-refractivity contribution is 0.298. The molecule has 3 heteroatoms. The van der Waals surface area contributed by atoms with E-state index in [1.807, 2.05) is 24.3 Å². The Labute approximate surface area is 231 Å². The number of para-hydroxylation sites is 1. The van der Waals surface area contributed by atoms with Gasteiger partial charge >= 0.3 is 0 Å². The van der Waals surface area contributed by atoms with E-state index >= 15 is 0 Å². The molecule has 0 saturated heterocycles. The molecule has 2 nitrogen and oxygen atoms in total. The lowest BCUT2D eigenvalue weighted by Crippen LogP contribution is -2.26. The number of rotatable bonds is 11. The molecule has 0 saturated carbocycles. The Balaban J connectivity index is 1.77. The molecular formula is C35H40NOP. The minimum absolute atomic E-state index is 0.0132. The van der Waals surface area contributed by atoms with E-state index in [4.69, 9.17) is 9.73 Å². The van der Waals surface area contributed by atoms with Crippen LogP contribution in [0.3, 0.4) is 0 Å². The maximum atomic E-state index is 6.54. The van der Waals surface area contributed by atoms with Crippen LogP contribution in [0.5, 0.6) is 5.75 Å². The smallest absolute Gasteiger partial charge is 0.123 e. The fourth-order valence-corrected chi connectivity index (χ4v) is 7.20. The highest BCUT2D eigenvalue weighted by Gasteiger charge is 2.34. The largest absolute Gasteiger partial charge is 0.489 e. The van der Waals surface area contributed by atoms with Crippen LogP contribution in [0.4, 0.5) is 5.69 Å². The van der Waals surface area contributed by atoms with Gasteiger partial charge in [-0.3, -0.25) is 4.99 Å². The van der Waals surface area contributed by atoms with Crippen LogP contribution in [-0.2, 0) is 11.8 Å². The first kappa shape index (κ1) is 27.8. The van der Waals surface area contributed by atoms with Crippen molar-refractivity contribution in [2.24, 2.45) is 4.99 Å². The van der Waals surface area contributed by atoms with Crippen LogP contribution in [0.2, 0.25) is 0 Å². The van der Waals surface area contributed by atoms with Crippen molar-refractivity contribution in [1.82, 2.24) is 0 Å². The highest BCUT2D eigenvalue weighted by Crippen LogP contribution is 2.52. The summed E-state index contributed by atoms with van der Waals surface area (Å²) < 4.78 is 6.54. The number of hydrogen-bond donors (Lipinski definition) is 0. The third kappa shape index (κ3) is 6.61. The number of nitrogens with zero attached hydrogens (tertiary/aromatic N) is 1. The van der Waals surface area contributed by atoms with Crippen LogP contribution in [-0.4, -0.2) is 5.71 Å². The number of benzene rings is 4. The second kappa shape index (κ2) is 13.0. The summed E-state index contributed by atoms with van der Waals surface area (Å²) in [7, 11) is 0.604. The minimum atomic E-state index is -0.0132. The van der Waals surface area contributed by atoms with Gasteiger partial charge < -0.3 is 4.74 Å². The lowest BCUT2D eigenvalue weighted by Gasteiger charge is -2.36. The highest BCUT2D eigenvalue weighted by atomic mass is 31.1. The van der Waals surface area contributed by atoms with E-state index in [1.165, 1.54) is 33.1 Å². The number of ether oxygens (including phenoxy) is 1. The van der Waals surface area contributed by atoms with Crippen LogP contribution < -0.4 is 10.0 Å². The molecule has 0 bridgehead atoms. The summed E-state index contributed by atoms with van der Waals surface area (Å²) in [6, 6.07) is 34.1. The van der Waals surface area contributed by atoms with Gasteiger partial charge in [-0.1, -0.05) is 113 Å². The summed E-state index contributed by atoms with van der Waals surface area (Å²) in [6.07, 6.45) is 3.27. The Morgan fingerprint density at radius 3 is 2.24 bits per heavy atom. The lowest BCUT2D eigenvalue weighted by atomic mass is 9.89. The van der Waals surface area contributed by atoms with E-state index in [9.17, 15) is 0 Å². The Morgan fingerprint density at radius 2 is 1.55 bits per heavy atom. The first-order chi connectivity index (χ1) is 18.5. The van der Waals surface area contributed by atoms with Gasteiger partial charge in [0.2, 0.25) is 0 Å². The van der Waals surface area contributed by atoms with Crippen molar-refractivity contribution >= 4 is 25.3 Å². The summed E-state index contributed by atoms with van der Waals surface area (Å²) in [5, 5.41) is 1.40. The number of hydrogen-bond acceptors (Lipinski definition) is 2. The van der Waals surface area contributed by atoms with Gasteiger partial charge in [-0.25, -0.2) is 0 Å². The van der Waals surface area contributed by atoms with Gasteiger partial charge in [0.1, 0.15) is 12.4 Å². The molecule has 0 spiro atoms. The summed E-state index contributed by atoms with van der Waals surface area (Å²) in [4.78, 5) is 5.00. The summed E-state index contributed by atoms with van der Waals surface area (Å²) >= 11 is 0. The summed E-state index contributed by atoms with van der Waals surface area (Å²) in [5.74, 6) is 1.01. The molecule has 38 heavy (non-hydrogen) atoms. The molecule has 0 radical (unpaired) electrons. The van der Waals surface area contributed by atoms with E-state index in [0.717, 1.165) is 36.4 Å². The molecule has 0 aliphatic heterocycles. The van der Waals surface area contributed by atoms with Gasteiger partial charge in [0.05, 0.1) is 5.69 Å². The predicted octanol–water partition coefficient (Wildman–Crippen LogP) is 9.43. The average Bonchev–Trinajstić information content (AvgIpc) is 2.94. The Bertz CT molecular complexity index is 1360. The first-order valence-corrected chi connectivity index (χ1v) is 14.7. The molecule has 4 aromatic rings. The monoisotopic (exact) mass is 521 g/mol. The fourth-order valence-electron chi connectivity index (χ4n) is 5.16. The maximum Gasteiger partial charge on any atom is 0.123 e. The van der Waals surface area contributed by atoms with Crippen molar-refractivity contribution in [3.05, 3.63) is 125 Å². The minimum Gasteiger partial charge on any atom is -0.489 e. The topological polar surface area (TPSA) is 21.6 Å². The normalized spacial score (nSPS) is 13.6. The van der Waals surface area contributed by atoms with E-state index < -0.39 is 0 Å². The molecule has 4 aromatic carbocycles. The van der Waals surface area contributed by atoms with Gasteiger partial charge in [0, 0.05) is 22.0 Å². The van der Waals surface area contributed by atoms with E-state index in [2.05, 4.69) is 107 Å². The third-order valence-electron chi connectivity index (χ3n) is 7.25. The van der Waals surface area contributed by atoms with Crippen molar-refractivity contribution in [2.45, 2.75) is 65.6 Å². The molecule has 0 heterocycles. The molecule has 2 atom stereocenters. The first-order valence-electron chi connectivity index (χ1n) is 13.7. The molecule has 0 aliphatic rings. The highest BCUT2D eigenvalue weighted by molar-refractivity contribution is 7.49. The molecule has 0 aliphatic carbocycles. The van der Waals surface area contributed by atoms with Crippen LogP contribution >= 0.6 is 8.58 Å². The van der Waals surface area contributed by atoms with Crippen molar-refractivity contribution < 1.29 is 4.74 Å². The van der Waals surface area contributed by atoms with Gasteiger partial charge in [-0.05, 0) is 68.2 Å². The maximum absolute atomic E-state index is 6.54. The number of aliphatic imine (C=N–C) groups is 1. The van der Waals surface area contributed by atoms with Crippen LogP contribution in [0, 0.1) is 13.8 Å². The van der Waals surface area contributed by atoms with Crippen molar-refractivity contribution in [3.8, 4) is 5.75 Å². The quantitative estimate of drug-likeness (QED) is 0.142. The average molecular weight is 522 g/mol. The third-order valence-corrected chi connectivity index (χ3v) is 9.51. The zero-order valence-corrected chi connectivity index (χ0v) is 24.4. The standard InChI is InChI=1S/C35H40NOP/c1-6-23-35(7-2,32-24-26(3)21-22-33(32)37-25-29-16-10-8-11-17-29)38-34-27(4)15-14-20-31(34)28(5)36-30-18-12-9-13-19-30/h8-22,24,38H,6-7,23,25H2,1-5H3. The molecule has 0 aromatic heterocycles. The van der Waals surface area contributed by atoms with Crippen molar-refractivity contribution in [1.29, 1.82) is 0 Å². The molecule has 2 unspecified atom stereocenters. The zero-order chi connectivity index (χ0) is 27.0. The van der Waals surface area contributed by atoms with Gasteiger partial charge in [-0.15, -0.1) is 0 Å². The van der Waals surface area contributed by atoms with Crippen LogP contribution in [0.25, 0.3) is 0 Å². The zero-order valence-electron chi connectivity index (χ0n) is 23.4. The van der Waals surface area contributed by atoms with E-state index in [0.29, 0.717) is 15.2 Å². The van der Waals surface area contributed by atoms with E-state index in [1.54, 1.807) is 0 Å². The molecule has 196 valence electrons.